The Bertz CT molecular complexity index is 1060. The van der Waals surface area contributed by atoms with Gasteiger partial charge in [-0.2, -0.15) is 4.98 Å². The molecule has 0 fully saturated rings. The second-order valence-electron chi connectivity index (χ2n) is 7.45. The van der Waals surface area contributed by atoms with E-state index in [1.165, 1.54) is 18.2 Å². The van der Waals surface area contributed by atoms with Gasteiger partial charge in [-0.25, -0.2) is 4.98 Å². The molecule has 0 atom stereocenters. The van der Waals surface area contributed by atoms with Gasteiger partial charge in [0.25, 0.3) is 0 Å². The van der Waals surface area contributed by atoms with Crippen molar-refractivity contribution in [3.05, 3.63) is 54.6 Å². The number of hydrogen-bond acceptors (Lipinski definition) is 7. The van der Waals surface area contributed by atoms with Crippen LogP contribution in [-0.2, 0) is 0 Å². The summed E-state index contributed by atoms with van der Waals surface area (Å²) in [5, 5.41) is 6.39. The summed E-state index contributed by atoms with van der Waals surface area (Å²) in [5.74, 6) is 1.12. The molecule has 0 saturated carbocycles. The molecule has 7 nitrogen and oxygen atoms in total. The van der Waals surface area contributed by atoms with E-state index >= 15 is 0 Å². The van der Waals surface area contributed by atoms with Crippen LogP contribution >= 0.6 is 0 Å². The van der Waals surface area contributed by atoms with Crippen LogP contribution in [0.1, 0.15) is 6.42 Å². The zero-order chi connectivity index (χ0) is 23.8. The van der Waals surface area contributed by atoms with Gasteiger partial charge in [0, 0.05) is 18.2 Å². The van der Waals surface area contributed by atoms with Gasteiger partial charge in [0.15, 0.2) is 0 Å². The van der Waals surface area contributed by atoms with Crippen molar-refractivity contribution < 1.29 is 22.6 Å². The lowest BCUT2D eigenvalue weighted by Crippen LogP contribution is -2.17. The van der Waals surface area contributed by atoms with Gasteiger partial charge in [-0.05, 0) is 51.3 Å². The molecule has 33 heavy (non-hydrogen) atoms. The summed E-state index contributed by atoms with van der Waals surface area (Å²) in [7, 11) is 5.54. The first kappa shape index (κ1) is 24.1. The molecular weight excluding hydrogens is 435 g/mol. The van der Waals surface area contributed by atoms with E-state index in [0.717, 1.165) is 13.0 Å². The summed E-state index contributed by atoms with van der Waals surface area (Å²) < 4.78 is 47.4. The molecule has 0 amide bonds. The summed E-state index contributed by atoms with van der Waals surface area (Å²) in [6.45, 7) is 1.52. The Morgan fingerprint density at radius 1 is 1.00 bits per heavy atom. The molecular formula is C23H26F3N5O2. The van der Waals surface area contributed by atoms with Crippen molar-refractivity contribution in [3.8, 4) is 22.8 Å². The minimum atomic E-state index is -4.78. The van der Waals surface area contributed by atoms with Crippen LogP contribution in [0.2, 0.25) is 0 Å². The smallest absolute Gasteiger partial charge is 0.495 e. The molecule has 1 aromatic heterocycles. The zero-order valence-corrected chi connectivity index (χ0v) is 18.6. The molecule has 1 heterocycles. The molecule has 176 valence electrons. The van der Waals surface area contributed by atoms with Gasteiger partial charge < -0.3 is 25.0 Å². The van der Waals surface area contributed by atoms with E-state index in [1.807, 2.05) is 38.4 Å². The van der Waals surface area contributed by atoms with Crippen molar-refractivity contribution in [2.45, 2.75) is 12.8 Å². The SMILES string of the molecule is COc1ccccc1Nc1cc(-c2cccc(OC(F)(F)F)c2)nc(NCCCN(C)C)n1. The second-order valence-corrected chi connectivity index (χ2v) is 7.45. The maximum atomic E-state index is 12.7. The number of hydrogen-bond donors (Lipinski definition) is 2. The fraction of sp³-hybridized carbons (Fsp3) is 0.304. The van der Waals surface area contributed by atoms with Crippen molar-refractivity contribution in [2.24, 2.45) is 0 Å². The summed E-state index contributed by atoms with van der Waals surface area (Å²) in [5.41, 5.74) is 1.58. The standard InChI is InChI=1S/C23H26F3N5O2/c1-31(2)13-7-12-27-22-29-19(16-8-6-9-17(14-16)33-23(24,25)26)15-21(30-22)28-18-10-4-5-11-20(18)32-3/h4-6,8-11,14-15H,7,12-13H2,1-3H3,(H2,27,28,29,30). The topological polar surface area (TPSA) is 71.5 Å². The van der Waals surface area contributed by atoms with Crippen LogP contribution in [0.5, 0.6) is 11.5 Å². The molecule has 3 rings (SSSR count). The van der Waals surface area contributed by atoms with Crippen molar-refractivity contribution in [3.63, 3.8) is 0 Å². The summed E-state index contributed by atoms with van der Waals surface area (Å²) in [4.78, 5) is 11.1. The van der Waals surface area contributed by atoms with Crippen LogP contribution in [0.4, 0.5) is 30.6 Å². The molecule has 10 heteroatoms. The molecule has 0 bridgehead atoms. The summed E-state index contributed by atoms with van der Waals surface area (Å²) in [6, 6.07) is 14.7. The highest BCUT2D eigenvalue weighted by molar-refractivity contribution is 5.70. The number of aromatic nitrogens is 2. The number of ether oxygens (including phenoxy) is 2. The summed E-state index contributed by atoms with van der Waals surface area (Å²) >= 11 is 0. The highest BCUT2D eigenvalue weighted by Crippen LogP contribution is 2.31. The number of nitrogens with one attached hydrogen (secondary N) is 2. The van der Waals surface area contributed by atoms with E-state index in [4.69, 9.17) is 4.74 Å². The average Bonchev–Trinajstić information content (AvgIpc) is 2.76. The van der Waals surface area contributed by atoms with Crippen LogP contribution in [0, 0.1) is 0 Å². The number of nitrogens with zero attached hydrogens (tertiary/aromatic N) is 3. The van der Waals surface area contributed by atoms with Crippen LogP contribution < -0.4 is 20.1 Å². The second kappa shape index (κ2) is 10.9. The fourth-order valence-electron chi connectivity index (χ4n) is 3.07. The van der Waals surface area contributed by atoms with E-state index in [1.54, 1.807) is 19.2 Å². The molecule has 0 aliphatic rings. The molecule has 0 saturated heterocycles. The Morgan fingerprint density at radius 2 is 1.79 bits per heavy atom. The number of para-hydroxylation sites is 2. The number of methoxy groups -OCH3 is 1. The first-order chi connectivity index (χ1) is 15.7. The number of anilines is 3. The predicted molar refractivity (Wildman–Crippen MR) is 122 cm³/mol. The third-order valence-corrected chi connectivity index (χ3v) is 4.52. The maximum absolute atomic E-state index is 12.7. The van der Waals surface area contributed by atoms with E-state index in [9.17, 15) is 13.2 Å². The summed E-state index contributed by atoms with van der Waals surface area (Å²) in [6.07, 6.45) is -3.91. The lowest BCUT2D eigenvalue weighted by Gasteiger charge is -2.15. The molecule has 0 aliphatic carbocycles. The molecule has 0 aliphatic heterocycles. The quantitative estimate of drug-likeness (QED) is 0.404. The zero-order valence-electron chi connectivity index (χ0n) is 18.6. The van der Waals surface area contributed by atoms with E-state index in [-0.39, 0.29) is 5.75 Å². The number of halogens is 3. The Hall–Kier alpha value is -3.53. The Kier molecular flexibility index (Phi) is 7.94. The van der Waals surface area contributed by atoms with E-state index < -0.39 is 6.36 Å². The average molecular weight is 461 g/mol. The molecule has 2 N–H and O–H groups in total. The predicted octanol–water partition coefficient (Wildman–Crippen LogP) is 5.16. The Morgan fingerprint density at radius 3 is 2.52 bits per heavy atom. The third-order valence-electron chi connectivity index (χ3n) is 4.52. The molecule has 3 aromatic rings. The Balaban J connectivity index is 1.92. The van der Waals surface area contributed by atoms with Gasteiger partial charge >= 0.3 is 6.36 Å². The van der Waals surface area contributed by atoms with Gasteiger partial charge in [0.2, 0.25) is 5.95 Å². The van der Waals surface area contributed by atoms with Crippen LogP contribution in [0.15, 0.2) is 54.6 Å². The van der Waals surface area contributed by atoms with Crippen molar-refractivity contribution in [1.29, 1.82) is 0 Å². The molecule has 0 radical (unpaired) electrons. The lowest BCUT2D eigenvalue weighted by atomic mass is 10.1. The monoisotopic (exact) mass is 461 g/mol. The Labute approximate surface area is 190 Å². The maximum Gasteiger partial charge on any atom is 0.573 e. The van der Waals surface area contributed by atoms with Crippen molar-refractivity contribution >= 4 is 17.5 Å². The lowest BCUT2D eigenvalue weighted by molar-refractivity contribution is -0.274. The minimum absolute atomic E-state index is 0.321. The molecule has 0 spiro atoms. The van der Waals surface area contributed by atoms with Crippen molar-refractivity contribution in [1.82, 2.24) is 14.9 Å². The normalized spacial score (nSPS) is 11.4. The number of rotatable bonds is 10. The van der Waals surface area contributed by atoms with Crippen LogP contribution in [-0.4, -0.2) is 55.5 Å². The third kappa shape index (κ3) is 7.53. The fourth-order valence-corrected chi connectivity index (χ4v) is 3.07. The highest BCUT2D eigenvalue weighted by Gasteiger charge is 2.31. The first-order valence-corrected chi connectivity index (χ1v) is 10.3. The minimum Gasteiger partial charge on any atom is -0.495 e. The van der Waals surface area contributed by atoms with Crippen LogP contribution in [0.25, 0.3) is 11.3 Å². The largest absolute Gasteiger partial charge is 0.573 e. The van der Waals surface area contributed by atoms with Gasteiger partial charge in [-0.15, -0.1) is 13.2 Å². The van der Waals surface area contributed by atoms with E-state index in [2.05, 4.69) is 30.2 Å². The molecule has 0 unspecified atom stereocenters. The number of benzene rings is 2. The highest BCUT2D eigenvalue weighted by atomic mass is 19.4. The van der Waals surface area contributed by atoms with E-state index in [0.29, 0.717) is 41.0 Å². The number of alkyl halides is 3. The molecule has 2 aromatic carbocycles. The first-order valence-electron chi connectivity index (χ1n) is 10.3. The van der Waals surface area contributed by atoms with Gasteiger partial charge in [0.05, 0.1) is 18.5 Å². The van der Waals surface area contributed by atoms with Gasteiger partial charge in [-0.1, -0.05) is 24.3 Å². The van der Waals surface area contributed by atoms with Gasteiger partial charge in [-0.3, -0.25) is 0 Å². The van der Waals surface area contributed by atoms with Crippen molar-refractivity contribution in [2.75, 3.05) is 44.9 Å². The van der Waals surface area contributed by atoms with Crippen LogP contribution in [0.3, 0.4) is 0 Å². The van der Waals surface area contributed by atoms with Gasteiger partial charge in [0.1, 0.15) is 17.3 Å².